The number of halogens is 1. The van der Waals surface area contributed by atoms with Gasteiger partial charge in [0.1, 0.15) is 5.75 Å². The highest BCUT2D eigenvalue weighted by molar-refractivity contribution is 6.30. The Morgan fingerprint density at radius 3 is 2.56 bits per heavy atom. The molecule has 0 amide bonds. The van der Waals surface area contributed by atoms with Gasteiger partial charge in [-0.2, -0.15) is 0 Å². The molecule has 0 bridgehead atoms. The van der Waals surface area contributed by atoms with Crippen LogP contribution in [-0.2, 0) is 6.54 Å². The van der Waals surface area contributed by atoms with E-state index in [0.29, 0.717) is 17.1 Å². The van der Waals surface area contributed by atoms with Crippen molar-refractivity contribution in [3.63, 3.8) is 0 Å². The summed E-state index contributed by atoms with van der Waals surface area (Å²) in [6.07, 6.45) is 0. The Bertz CT molecular complexity index is 369. The normalized spacial score (nSPS) is 12.8. The predicted molar refractivity (Wildman–Crippen MR) is 77.4 cm³/mol. The largest absolute Gasteiger partial charge is 0.496 e. The van der Waals surface area contributed by atoms with Gasteiger partial charge in [0.2, 0.25) is 0 Å². The number of methoxy groups -OCH3 is 1. The molecule has 1 rings (SSSR count). The molecule has 0 saturated carbocycles. The van der Waals surface area contributed by atoms with Crippen LogP contribution >= 0.6 is 11.6 Å². The molecule has 4 heteroatoms. The molecule has 0 fully saturated rings. The summed E-state index contributed by atoms with van der Waals surface area (Å²) in [6, 6.07) is 6.65. The molecule has 0 aliphatic heterocycles. The van der Waals surface area contributed by atoms with Gasteiger partial charge in [-0.3, -0.25) is 0 Å². The molecule has 1 unspecified atom stereocenters. The Balaban J connectivity index is 2.47. The minimum atomic E-state index is 0.410. The van der Waals surface area contributed by atoms with Crippen molar-refractivity contribution in [3.8, 4) is 5.75 Å². The highest BCUT2D eigenvalue weighted by atomic mass is 35.5. The van der Waals surface area contributed by atoms with Crippen LogP contribution < -0.4 is 15.4 Å². The second-order valence-electron chi connectivity index (χ2n) is 4.80. The summed E-state index contributed by atoms with van der Waals surface area (Å²) in [7, 11) is 1.67. The maximum atomic E-state index is 5.93. The molecule has 0 heterocycles. The summed E-state index contributed by atoms with van der Waals surface area (Å²) < 4.78 is 5.32. The van der Waals surface area contributed by atoms with Crippen LogP contribution in [0, 0.1) is 0 Å². The van der Waals surface area contributed by atoms with E-state index < -0.39 is 0 Å². The first-order valence-corrected chi connectivity index (χ1v) is 6.70. The summed E-state index contributed by atoms with van der Waals surface area (Å²) in [5.41, 5.74) is 1.12. The van der Waals surface area contributed by atoms with Crippen molar-refractivity contribution in [1.82, 2.24) is 10.6 Å². The summed E-state index contributed by atoms with van der Waals surface area (Å²) in [5.74, 6) is 0.832. The molecular formula is C14H23ClN2O. The number of benzene rings is 1. The van der Waals surface area contributed by atoms with Gasteiger partial charge in [-0.1, -0.05) is 31.5 Å². The van der Waals surface area contributed by atoms with Gasteiger partial charge in [-0.25, -0.2) is 0 Å². The molecule has 0 aromatic heterocycles. The third-order valence-corrected chi connectivity index (χ3v) is 2.96. The Hall–Kier alpha value is -0.770. The van der Waals surface area contributed by atoms with Crippen molar-refractivity contribution >= 4 is 11.6 Å². The van der Waals surface area contributed by atoms with E-state index in [1.807, 2.05) is 18.2 Å². The van der Waals surface area contributed by atoms with E-state index >= 15 is 0 Å². The van der Waals surface area contributed by atoms with Crippen molar-refractivity contribution in [2.24, 2.45) is 0 Å². The van der Waals surface area contributed by atoms with Gasteiger partial charge in [0.25, 0.3) is 0 Å². The number of nitrogens with one attached hydrogen (secondary N) is 2. The van der Waals surface area contributed by atoms with Crippen molar-refractivity contribution < 1.29 is 4.74 Å². The third kappa shape index (κ3) is 5.25. The lowest BCUT2D eigenvalue weighted by molar-refractivity contribution is 0.404. The standard InChI is InChI=1S/C14H23ClN2O/c1-10(2)16-8-11(3)17-9-12-5-6-13(15)7-14(12)18-4/h5-7,10-11,16-17H,8-9H2,1-4H3. The number of rotatable bonds is 7. The van der Waals surface area contributed by atoms with Crippen LogP contribution in [0.15, 0.2) is 18.2 Å². The maximum Gasteiger partial charge on any atom is 0.124 e. The highest BCUT2D eigenvalue weighted by Gasteiger charge is 2.06. The zero-order valence-electron chi connectivity index (χ0n) is 11.6. The van der Waals surface area contributed by atoms with Crippen molar-refractivity contribution in [3.05, 3.63) is 28.8 Å². The molecule has 0 spiro atoms. The Kier molecular flexibility index (Phi) is 6.47. The zero-order valence-corrected chi connectivity index (χ0v) is 12.3. The minimum absolute atomic E-state index is 0.410. The quantitative estimate of drug-likeness (QED) is 0.799. The first-order valence-electron chi connectivity index (χ1n) is 6.32. The molecule has 0 radical (unpaired) electrons. The lowest BCUT2D eigenvalue weighted by Crippen LogP contribution is -2.38. The van der Waals surface area contributed by atoms with Gasteiger partial charge in [0, 0.05) is 35.8 Å². The Morgan fingerprint density at radius 1 is 1.22 bits per heavy atom. The molecule has 0 saturated heterocycles. The molecular weight excluding hydrogens is 248 g/mol. The SMILES string of the molecule is COc1cc(Cl)ccc1CNC(C)CNC(C)C. The molecule has 2 N–H and O–H groups in total. The lowest BCUT2D eigenvalue weighted by Gasteiger charge is -2.17. The van der Waals surface area contributed by atoms with E-state index in [2.05, 4.69) is 31.4 Å². The smallest absolute Gasteiger partial charge is 0.124 e. The summed E-state index contributed by atoms with van der Waals surface area (Å²) >= 11 is 5.93. The average molecular weight is 271 g/mol. The number of hydrogen-bond donors (Lipinski definition) is 2. The second kappa shape index (κ2) is 7.62. The molecule has 1 aromatic rings. The molecule has 102 valence electrons. The van der Waals surface area contributed by atoms with Gasteiger partial charge in [-0.15, -0.1) is 0 Å². The van der Waals surface area contributed by atoms with Crippen LogP contribution in [0.2, 0.25) is 5.02 Å². The van der Waals surface area contributed by atoms with E-state index in [-0.39, 0.29) is 0 Å². The summed E-state index contributed by atoms with van der Waals surface area (Å²) in [6.45, 7) is 8.19. The van der Waals surface area contributed by atoms with Crippen LogP contribution in [0.3, 0.4) is 0 Å². The van der Waals surface area contributed by atoms with E-state index in [1.165, 1.54) is 0 Å². The van der Waals surface area contributed by atoms with Crippen LogP contribution in [0.1, 0.15) is 26.3 Å². The molecule has 0 aliphatic carbocycles. The van der Waals surface area contributed by atoms with Gasteiger partial charge >= 0.3 is 0 Å². The average Bonchev–Trinajstić information content (AvgIpc) is 2.34. The first-order chi connectivity index (χ1) is 8.52. The van der Waals surface area contributed by atoms with Crippen molar-refractivity contribution in [2.45, 2.75) is 39.4 Å². The maximum absolute atomic E-state index is 5.93. The van der Waals surface area contributed by atoms with E-state index in [4.69, 9.17) is 16.3 Å². The molecule has 0 aliphatic rings. The van der Waals surface area contributed by atoms with E-state index in [9.17, 15) is 0 Å². The number of ether oxygens (including phenoxy) is 1. The van der Waals surface area contributed by atoms with Gasteiger partial charge < -0.3 is 15.4 Å². The number of hydrogen-bond acceptors (Lipinski definition) is 3. The van der Waals surface area contributed by atoms with Crippen LogP contribution in [-0.4, -0.2) is 25.7 Å². The van der Waals surface area contributed by atoms with E-state index in [0.717, 1.165) is 24.4 Å². The molecule has 3 nitrogen and oxygen atoms in total. The first kappa shape index (κ1) is 15.3. The van der Waals surface area contributed by atoms with Gasteiger partial charge in [0.05, 0.1) is 7.11 Å². The van der Waals surface area contributed by atoms with E-state index in [1.54, 1.807) is 7.11 Å². The Labute approximate surface area is 115 Å². The molecule has 1 atom stereocenters. The molecule has 18 heavy (non-hydrogen) atoms. The lowest BCUT2D eigenvalue weighted by atomic mass is 10.2. The summed E-state index contributed by atoms with van der Waals surface area (Å²) in [5, 5.41) is 7.57. The van der Waals surface area contributed by atoms with Crippen LogP contribution in [0.4, 0.5) is 0 Å². The van der Waals surface area contributed by atoms with Gasteiger partial charge in [-0.05, 0) is 19.1 Å². The Morgan fingerprint density at radius 2 is 1.94 bits per heavy atom. The van der Waals surface area contributed by atoms with Crippen molar-refractivity contribution in [1.29, 1.82) is 0 Å². The monoisotopic (exact) mass is 270 g/mol. The highest BCUT2D eigenvalue weighted by Crippen LogP contribution is 2.22. The van der Waals surface area contributed by atoms with Gasteiger partial charge in [0.15, 0.2) is 0 Å². The predicted octanol–water partition coefficient (Wildman–Crippen LogP) is 2.82. The fourth-order valence-corrected chi connectivity index (χ4v) is 1.80. The van der Waals surface area contributed by atoms with Crippen LogP contribution in [0.25, 0.3) is 0 Å². The second-order valence-corrected chi connectivity index (χ2v) is 5.24. The topological polar surface area (TPSA) is 33.3 Å². The third-order valence-electron chi connectivity index (χ3n) is 2.72. The van der Waals surface area contributed by atoms with Crippen molar-refractivity contribution in [2.75, 3.05) is 13.7 Å². The van der Waals surface area contributed by atoms with Crippen LogP contribution in [0.5, 0.6) is 5.75 Å². The fraction of sp³-hybridized carbons (Fsp3) is 0.571. The zero-order chi connectivity index (χ0) is 13.5. The summed E-state index contributed by atoms with van der Waals surface area (Å²) in [4.78, 5) is 0. The minimum Gasteiger partial charge on any atom is -0.496 e. The fourth-order valence-electron chi connectivity index (χ4n) is 1.63. The molecule has 1 aromatic carbocycles.